The lowest BCUT2D eigenvalue weighted by molar-refractivity contribution is 0.198. The molecule has 2 aliphatic rings. The van der Waals surface area contributed by atoms with Crippen molar-refractivity contribution in [1.82, 2.24) is 29.7 Å². The van der Waals surface area contributed by atoms with Crippen LogP contribution in [-0.2, 0) is 6.54 Å². The molecule has 10 nitrogen and oxygen atoms in total. The average molecular weight is 518 g/mol. The van der Waals surface area contributed by atoms with Gasteiger partial charge in [-0.1, -0.05) is 61.7 Å². The van der Waals surface area contributed by atoms with Crippen molar-refractivity contribution < 1.29 is 9.63 Å². The van der Waals surface area contributed by atoms with Crippen LogP contribution in [0.2, 0.25) is 0 Å². The molecule has 4 aromatic rings. The highest BCUT2D eigenvalue weighted by atomic mass is 16.5. The summed E-state index contributed by atoms with van der Waals surface area (Å²) in [7, 11) is 0. The van der Waals surface area contributed by atoms with Crippen molar-refractivity contribution in [3.8, 4) is 11.6 Å². The third kappa shape index (κ3) is 4.84. The normalized spacial score (nSPS) is 21.8. The number of fused-ring (bicyclic) bond motifs is 1. The first kappa shape index (κ1) is 24.8. The fourth-order valence-electron chi connectivity index (χ4n) is 5.81. The Balaban J connectivity index is 1.50. The summed E-state index contributed by atoms with van der Waals surface area (Å²) < 4.78 is 6.85. The second-order valence-corrected chi connectivity index (χ2v) is 11.2. The predicted octanol–water partition coefficient (Wildman–Crippen LogP) is 4.68. The fourth-order valence-corrected chi connectivity index (χ4v) is 5.81. The van der Waals surface area contributed by atoms with Crippen LogP contribution in [-0.4, -0.2) is 40.8 Å². The molecule has 6 rings (SSSR count). The van der Waals surface area contributed by atoms with E-state index in [0.717, 1.165) is 36.4 Å². The van der Waals surface area contributed by atoms with Gasteiger partial charge in [0.2, 0.25) is 11.6 Å². The summed E-state index contributed by atoms with van der Waals surface area (Å²) in [5.41, 5.74) is 2.00. The Kier molecular flexibility index (Phi) is 6.73. The summed E-state index contributed by atoms with van der Waals surface area (Å²) in [6.45, 7) is 5.23. The van der Waals surface area contributed by atoms with Crippen molar-refractivity contribution in [3.63, 3.8) is 0 Å². The van der Waals surface area contributed by atoms with Crippen LogP contribution in [0.25, 0.3) is 22.8 Å². The van der Waals surface area contributed by atoms with Gasteiger partial charge in [0.25, 0.3) is 0 Å². The number of nitrogens with one attached hydrogen (secondary N) is 2. The van der Waals surface area contributed by atoms with Crippen molar-refractivity contribution in [2.75, 3.05) is 5.32 Å². The van der Waals surface area contributed by atoms with Gasteiger partial charge >= 0.3 is 5.76 Å². The summed E-state index contributed by atoms with van der Waals surface area (Å²) in [6, 6.07) is 9.79. The van der Waals surface area contributed by atoms with E-state index in [1.165, 1.54) is 32.1 Å². The molecule has 1 aromatic carbocycles. The molecule has 0 aliphatic heterocycles. The van der Waals surface area contributed by atoms with Crippen molar-refractivity contribution >= 4 is 17.0 Å². The maximum atomic E-state index is 11.7. The van der Waals surface area contributed by atoms with Crippen LogP contribution in [0.3, 0.4) is 0 Å². The molecule has 3 N–H and O–H groups in total. The molecule has 2 saturated carbocycles. The van der Waals surface area contributed by atoms with Gasteiger partial charge in [-0.3, -0.25) is 9.51 Å². The quantitative estimate of drug-likeness (QED) is 0.307. The molecule has 2 atom stereocenters. The number of rotatable bonds is 8. The largest absolute Gasteiger partial charge is 0.439 e. The molecule has 38 heavy (non-hydrogen) atoms. The van der Waals surface area contributed by atoms with Crippen LogP contribution in [0.1, 0.15) is 76.3 Å². The summed E-state index contributed by atoms with van der Waals surface area (Å²) >= 11 is 0. The molecular weight excluding hydrogens is 482 g/mol. The van der Waals surface area contributed by atoms with Gasteiger partial charge in [0.15, 0.2) is 11.5 Å². The summed E-state index contributed by atoms with van der Waals surface area (Å²) in [6.07, 6.45) is 7.39. The summed E-state index contributed by atoms with van der Waals surface area (Å²) in [4.78, 5) is 28.6. The number of benzene rings is 1. The Morgan fingerprint density at radius 2 is 1.87 bits per heavy atom. The van der Waals surface area contributed by atoms with E-state index in [2.05, 4.69) is 38.9 Å². The highest BCUT2D eigenvalue weighted by Crippen LogP contribution is 2.36. The molecule has 2 aliphatic carbocycles. The number of aromatic amines is 1. The van der Waals surface area contributed by atoms with Crippen LogP contribution in [0.15, 0.2) is 39.6 Å². The van der Waals surface area contributed by atoms with Gasteiger partial charge in [0.05, 0.1) is 0 Å². The summed E-state index contributed by atoms with van der Waals surface area (Å²) in [5.74, 6) is 2.69. The Hall–Kier alpha value is -3.53. The second-order valence-electron chi connectivity index (χ2n) is 11.2. The lowest BCUT2D eigenvalue weighted by atomic mass is 9.80. The standard InChI is InChI=1S/C28H35N7O3/c1-16-11-13-18(14-12-16)15-35-21-23(29-17(2)19-9-6-10-19)30-25(26-33-28(37)38-34-26)31-24(21)32-27(35)22(36)20-7-4-3-5-8-20/h3-5,7-8,16-19,22,36H,6,9-15H2,1-2H3,(H,29,30,31)(H,33,34,37)/t16-,17-,18-,22?/m1/s1. The molecule has 1 unspecified atom stereocenters. The van der Waals surface area contributed by atoms with E-state index in [1.807, 2.05) is 30.3 Å². The minimum atomic E-state index is -0.917. The topological polar surface area (TPSA) is 135 Å². The number of imidazole rings is 1. The van der Waals surface area contributed by atoms with Gasteiger partial charge in [-0.2, -0.15) is 0 Å². The number of H-pyrrole nitrogens is 1. The lowest BCUT2D eigenvalue weighted by Crippen LogP contribution is -2.31. The number of aliphatic hydroxyl groups is 1. The zero-order valence-corrected chi connectivity index (χ0v) is 21.9. The number of nitrogens with zero attached hydrogens (tertiary/aromatic N) is 5. The van der Waals surface area contributed by atoms with E-state index < -0.39 is 11.9 Å². The van der Waals surface area contributed by atoms with Crippen molar-refractivity contribution in [1.29, 1.82) is 0 Å². The Labute approximate surface area is 220 Å². The molecular formula is C28H35N7O3. The molecule has 200 valence electrons. The molecule has 2 fully saturated rings. The number of aromatic nitrogens is 6. The molecule has 0 saturated heterocycles. The van der Waals surface area contributed by atoms with Crippen molar-refractivity contribution in [2.24, 2.45) is 17.8 Å². The Morgan fingerprint density at radius 1 is 1.11 bits per heavy atom. The number of hydrogen-bond acceptors (Lipinski definition) is 8. The minimum Gasteiger partial charge on any atom is -0.380 e. The van der Waals surface area contributed by atoms with E-state index in [1.54, 1.807) is 0 Å². The van der Waals surface area contributed by atoms with Gasteiger partial charge in [0.1, 0.15) is 17.4 Å². The van der Waals surface area contributed by atoms with Gasteiger partial charge < -0.3 is 15.0 Å². The first-order valence-corrected chi connectivity index (χ1v) is 13.8. The van der Waals surface area contributed by atoms with Crippen molar-refractivity contribution in [2.45, 2.75) is 77.5 Å². The van der Waals surface area contributed by atoms with Crippen LogP contribution in [0.4, 0.5) is 5.82 Å². The van der Waals surface area contributed by atoms with E-state index in [9.17, 15) is 9.90 Å². The lowest BCUT2D eigenvalue weighted by Gasteiger charge is -2.32. The smallest absolute Gasteiger partial charge is 0.380 e. The van der Waals surface area contributed by atoms with Gasteiger partial charge in [-0.25, -0.2) is 19.7 Å². The molecule has 0 bridgehead atoms. The summed E-state index contributed by atoms with van der Waals surface area (Å²) in [5, 5.41) is 19.0. The highest BCUT2D eigenvalue weighted by Gasteiger charge is 2.30. The first-order valence-electron chi connectivity index (χ1n) is 13.8. The molecule has 0 spiro atoms. The third-order valence-electron chi connectivity index (χ3n) is 8.44. The van der Waals surface area contributed by atoms with E-state index in [4.69, 9.17) is 14.5 Å². The van der Waals surface area contributed by atoms with Crippen LogP contribution in [0.5, 0.6) is 0 Å². The molecule has 3 heterocycles. The number of anilines is 1. The third-order valence-corrected chi connectivity index (χ3v) is 8.44. The van der Waals surface area contributed by atoms with Crippen molar-refractivity contribution in [3.05, 3.63) is 52.3 Å². The highest BCUT2D eigenvalue weighted by molar-refractivity contribution is 5.86. The zero-order valence-electron chi connectivity index (χ0n) is 21.9. The van der Waals surface area contributed by atoms with E-state index in [-0.39, 0.29) is 17.7 Å². The number of aliphatic hydroxyl groups excluding tert-OH is 1. The van der Waals surface area contributed by atoms with Gasteiger partial charge in [0, 0.05) is 12.6 Å². The fraction of sp³-hybridized carbons (Fsp3) is 0.536. The van der Waals surface area contributed by atoms with Gasteiger partial charge in [-0.15, -0.1) is 0 Å². The Bertz CT molecular complexity index is 1450. The van der Waals surface area contributed by atoms with Crippen LogP contribution >= 0.6 is 0 Å². The van der Waals surface area contributed by atoms with Gasteiger partial charge in [-0.05, 0) is 55.9 Å². The molecule has 3 aromatic heterocycles. The predicted molar refractivity (Wildman–Crippen MR) is 143 cm³/mol. The molecule has 0 amide bonds. The Morgan fingerprint density at radius 3 is 2.53 bits per heavy atom. The average Bonchev–Trinajstić information content (AvgIpc) is 3.48. The van der Waals surface area contributed by atoms with E-state index in [0.29, 0.717) is 29.1 Å². The number of hydrogen-bond donors (Lipinski definition) is 3. The maximum Gasteiger partial charge on any atom is 0.439 e. The second kappa shape index (κ2) is 10.3. The van der Waals surface area contributed by atoms with Crippen LogP contribution in [0, 0.1) is 17.8 Å². The van der Waals surface area contributed by atoms with Crippen LogP contribution < -0.4 is 11.1 Å². The maximum absolute atomic E-state index is 11.7. The SMILES string of the molecule is C[C@@H](Nc1nc(-c2noc(=O)[nH]2)nc2nc(C(O)c3ccccc3)n(C[C@H]3CC[C@H](C)CC3)c12)C1CCC1. The molecule has 0 radical (unpaired) electrons. The minimum absolute atomic E-state index is 0.150. The van der Waals surface area contributed by atoms with E-state index >= 15 is 0 Å². The molecule has 10 heteroatoms. The first-order chi connectivity index (χ1) is 18.5. The monoisotopic (exact) mass is 517 g/mol. The zero-order chi connectivity index (χ0) is 26.2.